The first-order valence-corrected chi connectivity index (χ1v) is 14.2. The molecule has 0 atom stereocenters. The van der Waals surface area contributed by atoms with Gasteiger partial charge in [0.25, 0.3) is 17.7 Å². The van der Waals surface area contributed by atoms with Crippen LogP contribution < -0.4 is 19.5 Å². The molecule has 14 nitrogen and oxygen atoms in total. The number of hydroxylamine groups is 2. The quantitative estimate of drug-likeness (QED) is 0.222. The molecule has 0 saturated carbocycles. The van der Waals surface area contributed by atoms with Crippen LogP contribution in [0.4, 0.5) is 8.78 Å². The third-order valence-electron chi connectivity index (χ3n) is 7.49. The van der Waals surface area contributed by atoms with E-state index in [0.717, 1.165) is 38.1 Å². The van der Waals surface area contributed by atoms with E-state index in [9.17, 15) is 33.6 Å². The van der Waals surface area contributed by atoms with Crippen LogP contribution in [-0.2, 0) is 39.1 Å². The lowest BCUT2D eigenvalue weighted by atomic mass is 9.77. The lowest BCUT2D eigenvalue weighted by Crippen LogP contribution is -2.34. The number of benzene rings is 3. The van der Waals surface area contributed by atoms with Crippen molar-refractivity contribution < 1.29 is 66.1 Å². The van der Waals surface area contributed by atoms with Gasteiger partial charge in [-0.05, 0) is 24.3 Å². The van der Waals surface area contributed by atoms with Gasteiger partial charge in [0.1, 0.15) is 11.5 Å². The monoisotopic (exact) mass is 664 g/mol. The summed E-state index contributed by atoms with van der Waals surface area (Å²) >= 11 is 0. The van der Waals surface area contributed by atoms with Gasteiger partial charge in [-0.2, -0.15) is 0 Å². The molecule has 3 heterocycles. The number of fused-ring (bicyclic) bond motifs is 6. The second-order valence-electron chi connectivity index (χ2n) is 10.7. The van der Waals surface area contributed by atoms with Crippen molar-refractivity contribution >= 4 is 41.6 Å². The highest BCUT2D eigenvalue weighted by Crippen LogP contribution is 2.57. The van der Waals surface area contributed by atoms with Gasteiger partial charge in [-0.3, -0.25) is 24.0 Å². The van der Waals surface area contributed by atoms with Crippen molar-refractivity contribution in [2.45, 2.75) is 38.7 Å². The number of halogens is 2. The number of hydrogen-bond donors (Lipinski definition) is 1. The standard InChI is InChI=1S/C32H22F2N2O12/c1-14(37)44-25-12-23-19(10-21(25)33)32(20-11-22(34)26(45-15(2)38)13-24(20)46-23)18-4-3-16(9-17(18)31(43)47-32)30(42)35-8-7-29(41)48-36-27(39)5-6-28(36)40/h3-4,9-13H,5-8H2,1-2H3,(H,35,42). The van der Waals surface area contributed by atoms with Crippen molar-refractivity contribution in [1.82, 2.24) is 10.4 Å². The van der Waals surface area contributed by atoms with Crippen LogP contribution >= 0.6 is 0 Å². The van der Waals surface area contributed by atoms with E-state index in [1.54, 1.807) is 0 Å². The molecule has 1 fully saturated rings. The lowest BCUT2D eigenvalue weighted by molar-refractivity contribution is -0.197. The van der Waals surface area contributed by atoms with Crippen LogP contribution in [0.2, 0.25) is 0 Å². The average Bonchev–Trinajstić information content (AvgIpc) is 3.49. The lowest BCUT2D eigenvalue weighted by Gasteiger charge is -2.36. The minimum atomic E-state index is -2.04. The molecule has 3 aromatic rings. The topological polar surface area (TPSA) is 181 Å². The smallest absolute Gasteiger partial charge is 0.340 e. The van der Waals surface area contributed by atoms with E-state index in [-0.39, 0.29) is 58.7 Å². The molecule has 0 bridgehead atoms. The zero-order valence-corrected chi connectivity index (χ0v) is 25.0. The SMILES string of the molecule is CC(=O)Oc1cc2c(cc1F)C1(OC(=O)c3cc(C(=O)NCCC(=O)ON4C(=O)CCC4=O)ccc31)c1cc(F)c(OC(C)=O)cc1O2. The molecule has 0 unspecified atom stereocenters. The molecule has 1 spiro atoms. The Morgan fingerprint density at radius 2 is 1.40 bits per heavy atom. The fourth-order valence-corrected chi connectivity index (χ4v) is 5.51. The number of hydrogen-bond acceptors (Lipinski definition) is 12. The molecule has 3 aliphatic heterocycles. The molecule has 246 valence electrons. The van der Waals surface area contributed by atoms with E-state index in [4.69, 9.17) is 23.8 Å². The van der Waals surface area contributed by atoms with Crippen LogP contribution in [0.25, 0.3) is 0 Å². The number of ether oxygens (including phenoxy) is 4. The predicted molar refractivity (Wildman–Crippen MR) is 151 cm³/mol. The largest absolute Gasteiger partial charge is 0.456 e. The number of amides is 3. The van der Waals surface area contributed by atoms with E-state index in [2.05, 4.69) is 5.32 Å². The van der Waals surface area contributed by atoms with Gasteiger partial charge in [-0.25, -0.2) is 18.4 Å². The van der Waals surface area contributed by atoms with E-state index >= 15 is 8.78 Å². The zero-order chi connectivity index (χ0) is 34.5. The summed E-state index contributed by atoms with van der Waals surface area (Å²) in [5.41, 5.74) is -2.40. The summed E-state index contributed by atoms with van der Waals surface area (Å²) in [6.07, 6.45) is -0.554. The normalized spacial score (nSPS) is 15.2. The number of nitrogens with one attached hydrogen (secondary N) is 1. The molecule has 0 aromatic heterocycles. The Bertz CT molecular complexity index is 1900. The van der Waals surface area contributed by atoms with Gasteiger partial charge in [0, 0.05) is 56.5 Å². The summed E-state index contributed by atoms with van der Waals surface area (Å²) in [5, 5.41) is 2.84. The minimum absolute atomic E-state index is 0.0544. The maximum atomic E-state index is 15.3. The van der Waals surface area contributed by atoms with Crippen molar-refractivity contribution in [3.63, 3.8) is 0 Å². The van der Waals surface area contributed by atoms with Gasteiger partial charge in [-0.15, -0.1) is 5.06 Å². The summed E-state index contributed by atoms with van der Waals surface area (Å²) in [7, 11) is 0. The fraction of sp³-hybridized carbons (Fsp3) is 0.219. The maximum absolute atomic E-state index is 15.3. The van der Waals surface area contributed by atoms with Crippen LogP contribution in [0.3, 0.4) is 0 Å². The minimum Gasteiger partial charge on any atom is -0.456 e. The molecule has 1 saturated heterocycles. The zero-order valence-electron chi connectivity index (χ0n) is 25.0. The Labute approximate surface area is 268 Å². The van der Waals surface area contributed by atoms with E-state index in [0.29, 0.717) is 5.06 Å². The molecule has 16 heteroatoms. The summed E-state index contributed by atoms with van der Waals surface area (Å²) < 4.78 is 52.2. The van der Waals surface area contributed by atoms with Crippen molar-refractivity contribution in [3.05, 3.63) is 81.9 Å². The van der Waals surface area contributed by atoms with Crippen LogP contribution in [0, 0.1) is 11.6 Å². The van der Waals surface area contributed by atoms with Gasteiger partial charge in [0.05, 0.1) is 23.1 Å². The molecular formula is C32H22F2N2O12. The first-order valence-electron chi connectivity index (χ1n) is 14.2. The number of imide groups is 1. The first kappa shape index (κ1) is 31.8. The Balaban J connectivity index is 1.34. The summed E-state index contributed by atoms with van der Waals surface area (Å²) in [4.78, 5) is 89.6. The Kier molecular flexibility index (Phi) is 7.86. The molecular weight excluding hydrogens is 642 g/mol. The third-order valence-corrected chi connectivity index (χ3v) is 7.49. The number of rotatable bonds is 7. The number of carbonyl (C=O) groups excluding carboxylic acids is 7. The van der Waals surface area contributed by atoms with E-state index < -0.39 is 76.8 Å². The first-order chi connectivity index (χ1) is 22.8. The van der Waals surface area contributed by atoms with Crippen LogP contribution in [-0.4, -0.2) is 53.2 Å². The van der Waals surface area contributed by atoms with Crippen LogP contribution in [0.1, 0.15) is 70.5 Å². The molecule has 0 radical (unpaired) electrons. The fourth-order valence-electron chi connectivity index (χ4n) is 5.51. The highest BCUT2D eigenvalue weighted by Gasteiger charge is 2.54. The summed E-state index contributed by atoms with van der Waals surface area (Å²) in [5.74, 6) is -9.02. The van der Waals surface area contributed by atoms with Crippen molar-refractivity contribution in [3.8, 4) is 23.0 Å². The number of carbonyl (C=O) groups is 7. The van der Waals surface area contributed by atoms with Gasteiger partial charge in [0.2, 0.25) is 0 Å². The second kappa shape index (κ2) is 11.9. The maximum Gasteiger partial charge on any atom is 0.340 e. The third kappa shape index (κ3) is 5.46. The molecule has 6 rings (SSSR count). The number of esters is 3. The Morgan fingerprint density at radius 3 is 1.94 bits per heavy atom. The predicted octanol–water partition coefficient (Wildman–Crippen LogP) is 3.11. The molecule has 0 aliphatic carbocycles. The Morgan fingerprint density at radius 1 is 0.833 bits per heavy atom. The van der Waals surface area contributed by atoms with E-state index in [1.807, 2.05) is 0 Å². The van der Waals surface area contributed by atoms with Crippen LogP contribution in [0.15, 0.2) is 42.5 Å². The van der Waals surface area contributed by atoms with Crippen molar-refractivity contribution in [1.29, 1.82) is 0 Å². The highest BCUT2D eigenvalue weighted by molar-refractivity contribution is 6.02. The second-order valence-corrected chi connectivity index (χ2v) is 10.7. The van der Waals surface area contributed by atoms with Crippen LogP contribution in [0.5, 0.6) is 23.0 Å². The van der Waals surface area contributed by atoms with Gasteiger partial charge in [-0.1, -0.05) is 6.07 Å². The molecule has 48 heavy (non-hydrogen) atoms. The molecule has 1 N–H and O–H groups in total. The average molecular weight is 665 g/mol. The van der Waals surface area contributed by atoms with Crippen molar-refractivity contribution in [2.75, 3.05) is 6.54 Å². The van der Waals surface area contributed by atoms with Gasteiger partial charge < -0.3 is 29.1 Å². The highest BCUT2D eigenvalue weighted by atomic mass is 19.1. The van der Waals surface area contributed by atoms with E-state index in [1.165, 1.54) is 18.2 Å². The molecule has 3 amide bonds. The molecule has 3 aliphatic rings. The van der Waals surface area contributed by atoms with Crippen molar-refractivity contribution in [2.24, 2.45) is 0 Å². The number of nitrogens with zero attached hydrogens (tertiary/aromatic N) is 1. The Hall–Kier alpha value is -6.19. The summed E-state index contributed by atoms with van der Waals surface area (Å²) in [6, 6.07) is 7.71. The molecule has 3 aromatic carbocycles. The van der Waals surface area contributed by atoms with Gasteiger partial charge >= 0.3 is 23.9 Å². The summed E-state index contributed by atoms with van der Waals surface area (Å²) in [6.45, 7) is 1.85. The van der Waals surface area contributed by atoms with Gasteiger partial charge in [0.15, 0.2) is 28.7 Å².